The third-order valence-corrected chi connectivity index (χ3v) is 5.15. The summed E-state index contributed by atoms with van der Waals surface area (Å²) >= 11 is 1.71. The molecule has 0 radical (unpaired) electrons. The van der Waals surface area contributed by atoms with Crippen molar-refractivity contribution in [1.29, 1.82) is 0 Å². The highest BCUT2D eigenvalue weighted by molar-refractivity contribution is 7.99. The van der Waals surface area contributed by atoms with E-state index in [9.17, 15) is 9.59 Å². The maximum atomic E-state index is 12.0. The highest BCUT2D eigenvalue weighted by Crippen LogP contribution is 2.31. The van der Waals surface area contributed by atoms with Crippen molar-refractivity contribution in [1.82, 2.24) is 25.9 Å². The number of urea groups is 1. The minimum Gasteiger partial charge on any atom is -0.352 e. The van der Waals surface area contributed by atoms with Gasteiger partial charge < -0.3 is 16.0 Å². The van der Waals surface area contributed by atoms with Crippen molar-refractivity contribution in [3.8, 4) is 0 Å². The quantitative estimate of drug-likeness (QED) is 0.709. The third kappa shape index (κ3) is 3.88. The molecule has 118 valence electrons. The molecule has 2 heterocycles. The van der Waals surface area contributed by atoms with Gasteiger partial charge in [-0.25, -0.2) is 14.8 Å². The molecule has 0 spiro atoms. The van der Waals surface area contributed by atoms with Gasteiger partial charge in [0.15, 0.2) is 5.16 Å². The second-order valence-corrected chi connectivity index (χ2v) is 6.81. The first-order valence-corrected chi connectivity index (χ1v) is 8.37. The van der Waals surface area contributed by atoms with E-state index in [-0.39, 0.29) is 18.0 Å². The van der Waals surface area contributed by atoms with E-state index in [4.69, 9.17) is 0 Å². The number of carbonyl (C=O) groups excluding carboxylic acids is 2. The number of hydrogen-bond acceptors (Lipinski definition) is 5. The minimum absolute atomic E-state index is 0.0964. The van der Waals surface area contributed by atoms with Crippen LogP contribution in [0, 0.1) is 0 Å². The molecule has 1 saturated heterocycles. The first-order chi connectivity index (χ1) is 10.7. The molecular weight excluding hydrogens is 302 g/mol. The van der Waals surface area contributed by atoms with Gasteiger partial charge in [0.2, 0.25) is 5.91 Å². The Balaban J connectivity index is 1.42. The summed E-state index contributed by atoms with van der Waals surface area (Å²) in [5.41, 5.74) is 0. The van der Waals surface area contributed by atoms with Crippen LogP contribution in [0.15, 0.2) is 23.6 Å². The fourth-order valence-electron chi connectivity index (χ4n) is 2.74. The van der Waals surface area contributed by atoms with E-state index in [1.165, 1.54) is 0 Å². The van der Waals surface area contributed by atoms with Crippen LogP contribution in [0.25, 0.3) is 0 Å². The van der Waals surface area contributed by atoms with Gasteiger partial charge in [-0.3, -0.25) is 4.79 Å². The molecule has 1 saturated carbocycles. The predicted octanol–water partition coefficient (Wildman–Crippen LogP) is 0.677. The van der Waals surface area contributed by atoms with Crippen LogP contribution in [0.2, 0.25) is 0 Å². The van der Waals surface area contributed by atoms with E-state index in [0.29, 0.717) is 11.8 Å². The Morgan fingerprint density at radius 2 is 1.95 bits per heavy atom. The van der Waals surface area contributed by atoms with Gasteiger partial charge in [0.25, 0.3) is 0 Å². The number of carbonyl (C=O) groups is 2. The molecule has 3 amide bonds. The van der Waals surface area contributed by atoms with Gasteiger partial charge in [-0.05, 0) is 31.7 Å². The molecule has 1 aliphatic carbocycles. The Bertz CT molecular complexity index is 533. The van der Waals surface area contributed by atoms with Gasteiger partial charge in [-0.2, -0.15) is 0 Å². The summed E-state index contributed by atoms with van der Waals surface area (Å²) in [5.74, 6) is -0.0964. The molecule has 7 nitrogen and oxygen atoms in total. The smallest absolute Gasteiger partial charge is 0.315 e. The van der Waals surface area contributed by atoms with Crippen LogP contribution in [0.4, 0.5) is 4.79 Å². The second kappa shape index (κ2) is 6.95. The lowest BCUT2D eigenvalue weighted by Crippen LogP contribution is -2.48. The second-order valence-electron chi connectivity index (χ2n) is 5.54. The van der Waals surface area contributed by atoms with Gasteiger partial charge >= 0.3 is 6.03 Å². The average Bonchev–Trinajstić information content (AvgIpc) is 2.97. The first kappa shape index (κ1) is 15.1. The van der Waals surface area contributed by atoms with Crippen LogP contribution >= 0.6 is 11.8 Å². The SMILES string of the molecule is O=C1NCC(C(=O)NC2CCC(Sc3ncccn3)CC2)N1. The normalized spacial score (nSPS) is 27.8. The maximum absolute atomic E-state index is 12.0. The molecule has 2 aliphatic rings. The summed E-state index contributed by atoms with van der Waals surface area (Å²) in [6, 6.07) is 1.28. The lowest BCUT2D eigenvalue weighted by Gasteiger charge is -2.28. The predicted molar refractivity (Wildman–Crippen MR) is 82.4 cm³/mol. The molecule has 2 fully saturated rings. The Hall–Kier alpha value is -1.83. The molecule has 1 aliphatic heterocycles. The molecule has 0 bridgehead atoms. The molecule has 1 unspecified atom stereocenters. The Kier molecular flexibility index (Phi) is 4.77. The molecule has 3 rings (SSSR count). The first-order valence-electron chi connectivity index (χ1n) is 7.49. The standard InChI is InChI=1S/C14H19N5O2S/c20-12(11-8-17-13(21)19-11)18-9-2-4-10(5-3-9)22-14-15-6-1-7-16-14/h1,6-7,9-11H,2-5,8H2,(H,18,20)(H2,17,19,21). The summed E-state index contributed by atoms with van der Waals surface area (Å²) < 4.78 is 0. The van der Waals surface area contributed by atoms with E-state index in [1.807, 2.05) is 6.07 Å². The fourth-order valence-corrected chi connectivity index (χ4v) is 3.78. The van der Waals surface area contributed by atoms with Crippen LogP contribution in [-0.4, -0.2) is 45.8 Å². The summed E-state index contributed by atoms with van der Waals surface area (Å²) in [6.45, 7) is 0.362. The molecule has 3 N–H and O–H groups in total. The summed E-state index contributed by atoms with van der Waals surface area (Å²) in [7, 11) is 0. The number of amides is 3. The number of nitrogens with zero attached hydrogens (tertiary/aromatic N) is 2. The Morgan fingerprint density at radius 3 is 2.59 bits per heavy atom. The Labute approximate surface area is 133 Å². The van der Waals surface area contributed by atoms with Crippen molar-refractivity contribution in [3.05, 3.63) is 18.5 Å². The van der Waals surface area contributed by atoms with Crippen LogP contribution in [0.1, 0.15) is 25.7 Å². The van der Waals surface area contributed by atoms with Crippen LogP contribution < -0.4 is 16.0 Å². The lowest BCUT2D eigenvalue weighted by atomic mass is 9.95. The third-order valence-electron chi connectivity index (χ3n) is 3.92. The summed E-state index contributed by atoms with van der Waals surface area (Å²) in [4.78, 5) is 31.6. The largest absolute Gasteiger partial charge is 0.352 e. The van der Waals surface area contributed by atoms with Crippen molar-refractivity contribution >= 4 is 23.7 Å². The molecule has 1 aromatic heterocycles. The topological polar surface area (TPSA) is 96.0 Å². The maximum Gasteiger partial charge on any atom is 0.315 e. The van der Waals surface area contributed by atoms with Gasteiger partial charge in [-0.1, -0.05) is 11.8 Å². The van der Waals surface area contributed by atoms with Crippen molar-refractivity contribution in [2.45, 2.75) is 48.2 Å². The number of nitrogens with one attached hydrogen (secondary N) is 3. The van der Waals surface area contributed by atoms with Gasteiger partial charge in [0.05, 0.1) is 0 Å². The zero-order chi connectivity index (χ0) is 15.4. The Morgan fingerprint density at radius 1 is 1.23 bits per heavy atom. The molecule has 1 aromatic rings. The average molecular weight is 321 g/mol. The minimum atomic E-state index is -0.447. The van der Waals surface area contributed by atoms with E-state index in [1.54, 1.807) is 24.2 Å². The van der Waals surface area contributed by atoms with E-state index in [2.05, 4.69) is 25.9 Å². The van der Waals surface area contributed by atoms with Crippen LogP contribution in [0.3, 0.4) is 0 Å². The monoisotopic (exact) mass is 321 g/mol. The van der Waals surface area contributed by atoms with E-state index < -0.39 is 6.04 Å². The van der Waals surface area contributed by atoms with E-state index >= 15 is 0 Å². The highest BCUT2D eigenvalue weighted by Gasteiger charge is 2.30. The van der Waals surface area contributed by atoms with Crippen molar-refractivity contribution in [2.75, 3.05) is 6.54 Å². The number of rotatable bonds is 4. The molecule has 0 aromatic carbocycles. The van der Waals surface area contributed by atoms with Crippen molar-refractivity contribution in [3.63, 3.8) is 0 Å². The summed E-state index contributed by atoms with van der Waals surface area (Å²) in [6.07, 6.45) is 7.47. The van der Waals surface area contributed by atoms with Crippen LogP contribution in [0.5, 0.6) is 0 Å². The molecule has 1 atom stereocenters. The molecule has 8 heteroatoms. The highest BCUT2D eigenvalue weighted by atomic mass is 32.2. The number of hydrogen-bond donors (Lipinski definition) is 3. The zero-order valence-corrected chi connectivity index (χ0v) is 12.9. The van der Waals surface area contributed by atoms with Gasteiger partial charge in [0.1, 0.15) is 6.04 Å². The summed E-state index contributed by atoms with van der Waals surface area (Å²) in [5, 5.41) is 9.55. The zero-order valence-electron chi connectivity index (χ0n) is 12.1. The fraction of sp³-hybridized carbons (Fsp3) is 0.571. The van der Waals surface area contributed by atoms with Gasteiger partial charge in [0, 0.05) is 30.2 Å². The number of thioether (sulfide) groups is 1. The van der Waals surface area contributed by atoms with Gasteiger partial charge in [-0.15, -0.1) is 0 Å². The number of aromatic nitrogens is 2. The molecular formula is C14H19N5O2S. The molecule has 22 heavy (non-hydrogen) atoms. The van der Waals surface area contributed by atoms with Crippen molar-refractivity contribution < 1.29 is 9.59 Å². The lowest BCUT2D eigenvalue weighted by molar-refractivity contribution is -0.123. The van der Waals surface area contributed by atoms with Crippen LogP contribution in [-0.2, 0) is 4.79 Å². The van der Waals surface area contributed by atoms with Crippen molar-refractivity contribution in [2.24, 2.45) is 0 Å². The van der Waals surface area contributed by atoms with E-state index in [0.717, 1.165) is 30.8 Å².